The molecular formula is C39H34B2N2O10. The van der Waals surface area contributed by atoms with E-state index in [-0.39, 0.29) is 47.5 Å². The molecule has 14 heteroatoms. The molecule has 0 spiro atoms. The highest BCUT2D eigenvalue weighted by Gasteiger charge is 2.62. The normalized spacial score (nSPS) is 24.8. The van der Waals surface area contributed by atoms with Crippen molar-refractivity contribution >= 4 is 60.2 Å². The lowest BCUT2D eigenvalue weighted by Gasteiger charge is -2.44. The Kier molecular flexibility index (Phi) is 8.78. The summed E-state index contributed by atoms with van der Waals surface area (Å²) >= 11 is 0. The highest BCUT2D eigenvalue weighted by Crippen LogP contribution is 2.59. The monoisotopic (exact) mass is 712 g/mol. The number of hydrogen-bond donors (Lipinski definition) is 5. The number of allylic oxidation sites excluding steroid dienone is 2. The van der Waals surface area contributed by atoms with Gasteiger partial charge < -0.3 is 29.9 Å². The van der Waals surface area contributed by atoms with Gasteiger partial charge in [0.15, 0.2) is 0 Å². The summed E-state index contributed by atoms with van der Waals surface area (Å²) in [7, 11) is -3.65. The van der Waals surface area contributed by atoms with E-state index < -0.39 is 73.4 Å². The van der Waals surface area contributed by atoms with Gasteiger partial charge in [-0.3, -0.25) is 29.0 Å². The number of carbonyl (C=O) groups is 4. The molecule has 8 rings (SSSR count). The van der Waals surface area contributed by atoms with Crippen LogP contribution in [0.3, 0.4) is 0 Å². The van der Waals surface area contributed by atoms with E-state index in [0.29, 0.717) is 16.9 Å². The lowest BCUT2D eigenvalue weighted by molar-refractivity contribution is -0.126. The SMILES string of the molecule is O=C1[C@H]2[C@H](CC=C3[C@H]2C[C@H]2C(=O)N(c4cccc(B(O)O)c4)C(=O)[C@H]2[C@H]3c2ccc(OCc3ccccc3)cc2O)C(=O)N1c1cccc(B(O)O)c1. The lowest BCUT2D eigenvalue weighted by atomic mass is 9.57. The van der Waals surface area contributed by atoms with E-state index in [9.17, 15) is 44.4 Å². The fraction of sp³-hybridized carbons (Fsp3) is 0.231. The topological polar surface area (TPSA) is 185 Å². The molecule has 266 valence electrons. The molecule has 2 aliphatic carbocycles. The van der Waals surface area contributed by atoms with Crippen LogP contribution in [0.1, 0.15) is 29.9 Å². The Morgan fingerprint density at radius 3 is 1.85 bits per heavy atom. The number of phenols is 1. The van der Waals surface area contributed by atoms with Crippen LogP contribution < -0.4 is 25.5 Å². The van der Waals surface area contributed by atoms with Crippen LogP contribution in [0, 0.1) is 29.6 Å². The minimum Gasteiger partial charge on any atom is -0.508 e. The zero-order valence-corrected chi connectivity index (χ0v) is 28.2. The van der Waals surface area contributed by atoms with E-state index in [1.807, 2.05) is 36.4 Å². The third kappa shape index (κ3) is 5.84. The number of rotatable bonds is 8. The molecule has 2 heterocycles. The number of amides is 4. The Hall–Kier alpha value is -5.53. The molecule has 6 atom stereocenters. The maximum Gasteiger partial charge on any atom is 0.488 e. The number of phenolic OH excluding ortho intramolecular Hbond substituents is 1. The highest BCUT2D eigenvalue weighted by molar-refractivity contribution is 6.59. The van der Waals surface area contributed by atoms with Crippen LogP contribution in [0.4, 0.5) is 11.4 Å². The summed E-state index contributed by atoms with van der Waals surface area (Å²) in [6.07, 6.45) is 2.12. The Labute approximate surface area is 304 Å². The van der Waals surface area contributed by atoms with E-state index in [0.717, 1.165) is 15.4 Å². The second-order valence-corrected chi connectivity index (χ2v) is 14.0. The summed E-state index contributed by atoms with van der Waals surface area (Å²) in [5.41, 5.74) is 2.51. The predicted molar refractivity (Wildman–Crippen MR) is 194 cm³/mol. The fourth-order valence-electron chi connectivity index (χ4n) is 8.71. The number of aromatic hydroxyl groups is 1. The van der Waals surface area contributed by atoms with Crippen LogP contribution in [0.5, 0.6) is 11.5 Å². The molecule has 0 unspecified atom stereocenters. The molecular weight excluding hydrogens is 678 g/mol. The maximum atomic E-state index is 14.5. The van der Waals surface area contributed by atoms with E-state index in [1.54, 1.807) is 18.2 Å². The molecule has 53 heavy (non-hydrogen) atoms. The molecule has 0 radical (unpaired) electrons. The number of nitrogens with zero attached hydrogens (tertiary/aromatic N) is 2. The third-order valence-corrected chi connectivity index (χ3v) is 11.1. The van der Waals surface area contributed by atoms with E-state index in [2.05, 4.69) is 0 Å². The van der Waals surface area contributed by atoms with Gasteiger partial charge >= 0.3 is 14.2 Å². The smallest absolute Gasteiger partial charge is 0.488 e. The van der Waals surface area contributed by atoms with Crippen molar-refractivity contribution in [3.8, 4) is 11.5 Å². The molecule has 3 fully saturated rings. The molecule has 4 aliphatic rings. The summed E-state index contributed by atoms with van der Waals surface area (Å²) < 4.78 is 5.95. The molecule has 5 N–H and O–H groups in total. The number of benzene rings is 4. The van der Waals surface area contributed by atoms with Gasteiger partial charge in [0, 0.05) is 17.5 Å². The Bertz CT molecular complexity index is 2180. The number of fused-ring (bicyclic) bond motifs is 4. The second-order valence-electron chi connectivity index (χ2n) is 14.0. The van der Waals surface area contributed by atoms with Gasteiger partial charge in [-0.25, -0.2) is 0 Å². The lowest BCUT2D eigenvalue weighted by Crippen LogP contribution is -2.43. The van der Waals surface area contributed by atoms with Gasteiger partial charge in [-0.15, -0.1) is 0 Å². The summed E-state index contributed by atoms with van der Waals surface area (Å²) in [5, 5.41) is 50.8. The zero-order chi connectivity index (χ0) is 37.1. The van der Waals surface area contributed by atoms with Crippen molar-refractivity contribution in [1.82, 2.24) is 0 Å². The largest absolute Gasteiger partial charge is 0.508 e. The van der Waals surface area contributed by atoms with Crippen molar-refractivity contribution in [3.05, 3.63) is 120 Å². The minimum atomic E-state index is -1.84. The first kappa shape index (κ1) is 34.6. The van der Waals surface area contributed by atoms with Crippen molar-refractivity contribution in [2.24, 2.45) is 29.6 Å². The highest BCUT2D eigenvalue weighted by atomic mass is 16.5. The minimum absolute atomic E-state index is 0.0822. The summed E-state index contributed by atoms with van der Waals surface area (Å²) in [6.45, 7) is 0.250. The molecule has 4 aromatic rings. The predicted octanol–water partition coefficient (Wildman–Crippen LogP) is 1.38. The van der Waals surface area contributed by atoms with Crippen LogP contribution in [0.25, 0.3) is 0 Å². The van der Waals surface area contributed by atoms with Crippen molar-refractivity contribution in [1.29, 1.82) is 0 Å². The average Bonchev–Trinajstić information content (AvgIpc) is 3.57. The van der Waals surface area contributed by atoms with Crippen LogP contribution in [0.2, 0.25) is 0 Å². The number of anilines is 2. The molecule has 2 aliphatic heterocycles. The van der Waals surface area contributed by atoms with E-state index in [4.69, 9.17) is 4.74 Å². The molecule has 0 bridgehead atoms. The van der Waals surface area contributed by atoms with Crippen molar-refractivity contribution in [2.75, 3.05) is 9.80 Å². The Morgan fingerprint density at radius 2 is 1.25 bits per heavy atom. The summed E-state index contributed by atoms with van der Waals surface area (Å²) in [5.74, 6) is -6.84. The van der Waals surface area contributed by atoms with E-state index >= 15 is 0 Å². The Morgan fingerprint density at radius 1 is 0.642 bits per heavy atom. The van der Waals surface area contributed by atoms with Gasteiger partial charge in [-0.05, 0) is 65.6 Å². The van der Waals surface area contributed by atoms with Crippen LogP contribution in [-0.2, 0) is 25.8 Å². The van der Waals surface area contributed by atoms with Gasteiger partial charge in [-0.1, -0.05) is 72.3 Å². The number of carbonyl (C=O) groups excluding carboxylic acids is 4. The number of hydrogen-bond acceptors (Lipinski definition) is 10. The van der Waals surface area contributed by atoms with Gasteiger partial charge in [0.1, 0.15) is 18.1 Å². The summed E-state index contributed by atoms with van der Waals surface area (Å²) in [6, 6.07) is 26.1. The second kappa shape index (κ2) is 13.5. The number of imide groups is 2. The van der Waals surface area contributed by atoms with Gasteiger partial charge in [0.25, 0.3) is 0 Å². The van der Waals surface area contributed by atoms with Gasteiger partial charge in [0.05, 0.1) is 35.0 Å². The standard InChI is InChI=1S/C39H34B2N2O10/c44-32-18-26(53-20-21-6-2-1-3-7-21)12-13-28(32)33-27-14-15-29-34(38(47)42(36(29)45)24-10-4-8-22(16-24)40(49)50)30(27)19-31-35(33)39(48)43(37(31)46)25-11-5-9-23(17-25)41(51)52/h1-14,16-18,29-31,33-35,44,49-52H,15,19-20H2/t29-,30+,31+,33+,34-,35+/m0/s1. The number of ether oxygens (including phenoxy) is 1. The molecule has 0 aromatic heterocycles. The van der Waals surface area contributed by atoms with Crippen molar-refractivity contribution in [2.45, 2.75) is 25.4 Å². The van der Waals surface area contributed by atoms with E-state index in [1.165, 1.54) is 48.5 Å². The maximum absolute atomic E-state index is 14.5. The Balaban J connectivity index is 1.19. The first-order valence-electron chi connectivity index (χ1n) is 17.4. The molecule has 12 nitrogen and oxygen atoms in total. The summed E-state index contributed by atoms with van der Waals surface area (Å²) in [4.78, 5) is 59.2. The molecule has 4 aromatic carbocycles. The molecule has 1 saturated carbocycles. The fourth-order valence-corrected chi connectivity index (χ4v) is 8.71. The first-order valence-corrected chi connectivity index (χ1v) is 17.4. The third-order valence-electron chi connectivity index (χ3n) is 11.1. The van der Waals surface area contributed by atoms with Crippen molar-refractivity contribution < 1.29 is 49.1 Å². The quantitative estimate of drug-likeness (QED) is 0.102. The molecule has 4 amide bonds. The van der Waals surface area contributed by atoms with Crippen LogP contribution >= 0.6 is 0 Å². The first-order chi connectivity index (χ1) is 25.5. The zero-order valence-electron chi connectivity index (χ0n) is 28.2. The van der Waals surface area contributed by atoms with Gasteiger partial charge in [-0.2, -0.15) is 0 Å². The van der Waals surface area contributed by atoms with Crippen LogP contribution in [-0.4, -0.2) is 63.1 Å². The average molecular weight is 712 g/mol. The van der Waals surface area contributed by atoms with Crippen LogP contribution in [0.15, 0.2) is 109 Å². The van der Waals surface area contributed by atoms with Gasteiger partial charge in [0.2, 0.25) is 23.6 Å². The molecule has 2 saturated heterocycles. The van der Waals surface area contributed by atoms with Crippen molar-refractivity contribution in [3.63, 3.8) is 0 Å².